The molecule has 0 bridgehead atoms. The lowest BCUT2D eigenvalue weighted by Crippen LogP contribution is -2.46. The van der Waals surface area contributed by atoms with E-state index < -0.39 is 8.32 Å². The van der Waals surface area contributed by atoms with Gasteiger partial charge in [0.25, 0.3) is 0 Å². The second-order valence-corrected chi connectivity index (χ2v) is 17.2. The first-order valence-electron chi connectivity index (χ1n) is 13.1. The third-order valence-electron chi connectivity index (χ3n) is 8.13. The zero-order valence-corrected chi connectivity index (χ0v) is 25.1. The molecule has 0 saturated carbocycles. The van der Waals surface area contributed by atoms with Gasteiger partial charge in [-0.3, -0.25) is 0 Å². The molecule has 0 N–H and O–H groups in total. The highest BCUT2D eigenvalue weighted by molar-refractivity contribution is 6.74. The lowest BCUT2D eigenvalue weighted by atomic mass is 10.0. The van der Waals surface area contributed by atoms with E-state index in [1.807, 2.05) is 0 Å². The molecular formula is C29H44N4O2Si. The number of fused-ring (bicyclic) bond motifs is 1. The van der Waals surface area contributed by atoms with Crippen molar-refractivity contribution in [2.24, 2.45) is 0 Å². The number of nitrogens with zero attached hydrogens (tertiary/aromatic N) is 4. The molecule has 0 aromatic carbocycles. The van der Waals surface area contributed by atoms with Gasteiger partial charge in [-0.2, -0.15) is 0 Å². The highest BCUT2D eigenvalue weighted by Gasteiger charge is 2.43. The summed E-state index contributed by atoms with van der Waals surface area (Å²) in [6.07, 6.45) is 2.43. The molecule has 0 radical (unpaired) electrons. The summed E-state index contributed by atoms with van der Waals surface area (Å²) in [7, 11) is 1.98. The van der Waals surface area contributed by atoms with Gasteiger partial charge < -0.3 is 18.6 Å². The van der Waals surface area contributed by atoms with Crippen LogP contribution in [0.15, 0.2) is 24.4 Å². The molecule has 0 aliphatic carbocycles. The van der Waals surface area contributed by atoms with E-state index in [0.717, 1.165) is 41.1 Å². The SMILES string of the molecule is COc1nc(C(C)C)ccc1-c1nc2c(C)cn([C@@H]3CN(C)C[C@@H]3O[Si](C)(C)C(C)(C)C)c2cc1C. The predicted octanol–water partition coefficient (Wildman–Crippen LogP) is 6.72. The summed E-state index contributed by atoms with van der Waals surface area (Å²) in [5, 5.41) is 0.179. The Hall–Kier alpha value is -2.22. The van der Waals surface area contributed by atoms with Crippen molar-refractivity contribution in [3.63, 3.8) is 0 Å². The fourth-order valence-electron chi connectivity index (χ4n) is 4.96. The zero-order valence-electron chi connectivity index (χ0n) is 24.1. The number of ether oxygens (including phenoxy) is 1. The third-order valence-corrected chi connectivity index (χ3v) is 12.6. The molecule has 36 heavy (non-hydrogen) atoms. The van der Waals surface area contributed by atoms with Crippen LogP contribution in [0.1, 0.15) is 63.4 Å². The monoisotopic (exact) mass is 508 g/mol. The van der Waals surface area contributed by atoms with Crippen LogP contribution >= 0.6 is 0 Å². The summed E-state index contributed by atoms with van der Waals surface area (Å²) in [6, 6.07) is 6.73. The number of methoxy groups -OCH3 is 1. The largest absolute Gasteiger partial charge is 0.480 e. The van der Waals surface area contributed by atoms with Gasteiger partial charge in [0, 0.05) is 25.0 Å². The van der Waals surface area contributed by atoms with Gasteiger partial charge in [0.05, 0.1) is 41.5 Å². The molecule has 1 aliphatic rings. The zero-order chi connectivity index (χ0) is 26.6. The Morgan fingerprint density at radius 1 is 1.06 bits per heavy atom. The number of pyridine rings is 2. The molecule has 1 fully saturated rings. The summed E-state index contributed by atoms with van der Waals surface area (Å²) in [4.78, 5) is 12.4. The van der Waals surface area contributed by atoms with E-state index in [4.69, 9.17) is 19.1 Å². The molecular weight excluding hydrogens is 464 g/mol. The van der Waals surface area contributed by atoms with E-state index in [1.54, 1.807) is 7.11 Å². The number of rotatable bonds is 6. The van der Waals surface area contributed by atoms with Crippen LogP contribution in [0.3, 0.4) is 0 Å². The number of likely N-dealkylation sites (N-methyl/N-ethyl adjacent to an activating group) is 1. The molecule has 7 heteroatoms. The summed E-state index contributed by atoms with van der Waals surface area (Å²) in [6.45, 7) is 22.1. The van der Waals surface area contributed by atoms with Crippen LogP contribution in [0.25, 0.3) is 22.3 Å². The van der Waals surface area contributed by atoms with Crippen molar-refractivity contribution in [1.82, 2.24) is 19.4 Å². The van der Waals surface area contributed by atoms with E-state index in [2.05, 4.69) is 102 Å². The van der Waals surface area contributed by atoms with Crippen molar-refractivity contribution in [3.8, 4) is 17.1 Å². The van der Waals surface area contributed by atoms with Gasteiger partial charge >= 0.3 is 0 Å². The minimum absolute atomic E-state index is 0.166. The van der Waals surface area contributed by atoms with Gasteiger partial charge in [0.1, 0.15) is 0 Å². The van der Waals surface area contributed by atoms with Crippen molar-refractivity contribution < 1.29 is 9.16 Å². The highest BCUT2D eigenvalue weighted by Crippen LogP contribution is 2.41. The van der Waals surface area contributed by atoms with E-state index in [-0.39, 0.29) is 17.2 Å². The van der Waals surface area contributed by atoms with Crippen LogP contribution in [0, 0.1) is 13.8 Å². The maximum atomic E-state index is 6.97. The molecule has 0 amide bonds. The van der Waals surface area contributed by atoms with E-state index in [0.29, 0.717) is 11.8 Å². The van der Waals surface area contributed by atoms with Crippen LogP contribution in [-0.2, 0) is 4.43 Å². The van der Waals surface area contributed by atoms with E-state index >= 15 is 0 Å². The normalized spacial score (nSPS) is 19.6. The molecule has 2 atom stereocenters. The van der Waals surface area contributed by atoms with Crippen molar-refractivity contribution in [2.45, 2.75) is 84.7 Å². The van der Waals surface area contributed by atoms with Gasteiger partial charge in [0.15, 0.2) is 8.32 Å². The van der Waals surface area contributed by atoms with E-state index in [9.17, 15) is 0 Å². The molecule has 1 aliphatic heterocycles. The van der Waals surface area contributed by atoms with Crippen LogP contribution < -0.4 is 4.74 Å². The Morgan fingerprint density at radius 2 is 1.75 bits per heavy atom. The molecule has 3 aromatic rings. The Morgan fingerprint density at radius 3 is 2.36 bits per heavy atom. The number of hydrogen-bond donors (Lipinski definition) is 0. The summed E-state index contributed by atoms with van der Waals surface area (Å²) >= 11 is 0. The standard InChI is InChI=1S/C29H44N4O2Si/c1-18(2)22-13-12-21(28(30-22)34-9)26-19(3)14-23-27(31-26)20(4)15-33(23)24-16-32(8)17-25(24)35-36(10,11)29(5,6)7/h12-15,18,24-25H,16-17H2,1-11H3/t24-,25+/m1/s1. The number of hydrogen-bond acceptors (Lipinski definition) is 5. The highest BCUT2D eigenvalue weighted by atomic mass is 28.4. The van der Waals surface area contributed by atoms with Gasteiger partial charge in [-0.15, -0.1) is 0 Å². The predicted molar refractivity (Wildman–Crippen MR) is 152 cm³/mol. The lowest BCUT2D eigenvalue weighted by molar-refractivity contribution is 0.155. The van der Waals surface area contributed by atoms with Gasteiger partial charge in [-0.1, -0.05) is 34.6 Å². The third kappa shape index (κ3) is 4.85. The molecule has 196 valence electrons. The van der Waals surface area contributed by atoms with Crippen molar-refractivity contribution in [3.05, 3.63) is 41.2 Å². The maximum Gasteiger partial charge on any atom is 0.222 e. The first-order valence-corrected chi connectivity index (χ1v) is 16.0. The smallest absolute Gasteiger partial charge is 0.222 e. The van der Waals surface area contributed by atoms with Crippen LogP contribution in [-0.4, -0.2) is 61.1 Å². The minimum Gasteiger partial charge on any atom is -0.480 e. The molecule has 4 rings (SSSR count). The number of aryl methyl sites for hydroxylation is 2. The quantitative estimate of drug-likeness (QED) is 0.346. The maximum absolute atomic E-state index is 6.97. The molecule has 0 unspecified atom stereocenters. The fraction of sp³-hybridized carbons (Fsp3) is 0.586. The lowest BCUT2D eigenvalue weighted by Gasteiger charge is -2.39. The number of likely N-dealkylation sites (tertiary alicyclic amines) is 1. The van der Waals surface area contributed by atoms with Crippen molar-refractivity contribution >= 4 is 19.4 Å². The van der Waals surface area contributed by atoms with Crippen molar-refractivity contribution in [1.29, 1.82) is 0 Å². The topological polar surface area (TPSA) is 52.4 Å². The van der Waals surface area contributed by atoms with Gasteiger partial charge in [-0.25, -0.2) is 9.97 Å². The molecule has 0 spiro atoms. The van der Waals surface area contributed by atoms with Gasteiger partial charge in [0.2, 0.25) is 5.88 Å². The first-order chi connectivity index (χ1) is 16.7. The Labute approximate surface area is 218 Å². The first kappa shape index (κ1) is 26.8. The average Bonchev–Trinajstić information content (AvgIpc) is 3.29. The molecule has 4 heterocycles. The molecule has 3 aromatic heterocycles. The average molecular weight is 509 g/mol. The molecule has 6 nitrogen and oxygen atoms in total. The Bertz CT molecular complexity index is 1260. The van der Waals surface area contributed by atoms with Crippen LogP contribution in [0.4, 0.5) is 0 Å². The van der Waals surface area contributed by atoms with E-state index in [1.165, 1.54) is 11.1 Å². The second-order valence-electron chi connectivity index (χ2n) is 12.4. The summed E-state index contributed by atoms with van der Waals surface area (Å²) in [5.74, 6) is 0.972. The molecule has 1 saturated heterocycles. The fourth-order valence-corrected chi connectivity index (χ4v) is 6.30. The Kier molecular flexibility index (Phi) is 7.14. The second kappa shape index (κ2) is 9.58. The summed E-state index contributed by atoms with van der Waals surface area (Å²) < 4.78 is 15.1. The summed E-state index contributed by atoms with van der Waals surface area (Å²) in [5.41, 5.74) is 7.39. The number of aromatic nitrogens is 3. The van der Waals surface area contributed by atoms with Crippen LogP contribution in [0.5, 0.6) is 5.88 Å². The van der Waals surface area contributed by atoms with Crippen LogP contribution in [0.2, 0.25) is 18.1 Å². The van der Waals surface area contributed by atoms with Gasteiger partial charge in [-0.05, 0) is 74.3 Å². The van der Waals surface area contributed by atoms with Crippen molar-refractivity contribution in [2.75, 3.05) is 27.2 Å². The minimum atomic E-state index is -1.90. The Balaban J connectivity index is 1.78.